The molecule has 0 unspecified atom stereocenters. The minimum atomic E-state index is -0.703. The predicted octanol–water partition coefficient (Wildman–Crippen LogP) is 3.47. The maximum Gasteiger partial charge on any atom is 0.261 e. The van der Waals surface area contributed by atoms with Crippen molar-refractivity contribution in [2.24, 2.45) is 0 Å². The molecule has 148 valence electrons. The molecule has 29 heavy (non-hydrogen) atoms. The first-order chi connectivity index (χ1) is 14.1. The molecular weight excluding hydrogens is 380 g/mol. The van der Waals surface area contributed by atoms with Crippen LogP contribution in [0.4, 0.5) is 8.78 Å². The lowest BCUT2D eigenvalue weighted by Gasteiger charge is -2.20. The Morgan fingerprint density at radius 1 is 1.17 bits per heavy atom. The van der Waals surface area contributed by atoms with E-state index < -0.39 is 11.6 Å². The molecule has 2 heterocycles. The van der Waals surface area contributed by atoms with Crippen molar-refractivity contribution in [2.45, 2.75) is 6.54 Å². The Labute approximate surface area is 165 Å². The van der Waals surface area contributed by atoms with E-state index in [1.807, 2.05) is 18.2 Å². The van der Waals surface area contributed by atoms with Gasteiger partial charge in [0.2, 0.25) is 5.88 Å². The van der Waals surface area contributed by atoms with Crippen molar-refractivity contribution in [2.75, 3.05) is 20.3 Å². The van der Waals surface area contributed by atoms with Gasteiger partial charge in [-0.2, -0.15) is 4.98 Å². The number of carbonyl (C=O) groups excluding carboxylic acids is 1. The lowest BCUT2D eigenvalue weighted by molar-refractivity contribution is 0.0741. The van der Waals surface area contributed by atoms with E-state index in [-0.39, 0.29) is 42.6 Å². The Morgan fingerprint density at radius 3 is 2.79 bits per heavy atom. The second-order valence-electron chi connectivity index (χ2n) is 6.42. The van der Waals surface area contributed by atoms with Gasteiger partial charge >= 0.3 is 0 Å². The number of amides is 1. The zero-order valence-corrected chi connectivity index (χ0v) is 15.6. The Hall–Kier alpha value is -3.55. The van der Waals surface area contributed by atoms with Gasteiger partial charge in [-0.25, -0.2) is 13.8 Å². The largest absolute Gasteiger partial charge is 0.496 e. The van der Waals surface area contributed by atoms with Gasteiger partial charge in [0, 0.05) is 24.4 Å². The summed E-state index contributed by atoms with van der Waals surface area (Å²) in [6, 6.07) is 10.5. The van der Waals surface area contributed by atoms with Crippen LogP contribution in [0.15, 0.2) is 48.7 Å². The molecule has 0 spiro atoms. The van der Waals surface area contributed by atoms with Crippen LogP contribution in [0.25, 0.3) is 11.4 Å². The van der Waals surface area contributed by atoms with E-state index in [4.69, 9.17) is 9.47 Å². The molecule has 0 N–H and O–H groups in total. The summed E-state index contributed by atoms with van der Waals surface area (Å²) in [4.78, 5) is 23.0. The van der Waals surface area contributed by atoms with Gasteiger partial charge in [0.15, 0.2) is 5.82 Å². The number of aromatic nitrogens is 2. The van der Waals surface area contributed by atoms with E-state index in [9.17, 15) is 13.6 Å². The molecular formula is C21H17F2N3O3. The third-order valence-electron chi connectivity index (χ3n) is 4.60. The van der Waals surface area contributed by atoms with Gasteiger partial charge < -0.3 is 14.4 Å². The van der Waals surface area contributed by atoms with Crippen molar-refractivity contribution >= 4 is 5.91 Å². The van der Waals surface area contributed by atoms with Crippen molar-refractivity contribution in [1.82, 2.24) is 14.9 Å². The highest BCUT2D eigenvalue weighted by atomic mass is 19.1. The number of ether oxygens (including phenoxy) is 2. The molecule has 1 amide bonds. The zero-order chi connectivity index (χ0) is 20.4. The molecule has 0 atom stereocenters. The van der Waals surface area contributed by atoms with Crippen LogP contribution in [0.1, 0.15) is 15.9 Å². The van der Waals surface area contributed by atoms with Gasteiger partial charge in [-0.15, -0.1) is 0 Å². The number of methoxy groups -OCH3 is 1. The fourth-order valence-electron chi connectivity index (χ4n) is 3.11. The maximum absolute atomic E-state index is 14.0. The number of hydrogen-bond acceptors (Lipinski definition) is 5. The summed E-state index contributed by atoms with van der Waals surface area (Å²) >= 11 is 0. The normalized spacial score (nSPS) is 13.5. The van der Waals surface area contributed by atoms with Crippen LogP contribution < -0.4 is 9.47 Å². The quantitative estimate of drug-likeness (QED) is 0.675. The van der Waals surface area contributed by atoms with E-state index in [1.54, 1.807) is 13.2 Å². The smallest absolute Gasteiger partial charge is 0.261 e. The first-order valence-corrected chi connectivity index (χ1v) is 8.93. The van der Waals surface area contributed by atoms with Crippen LogP contribution in [0.3, 0.4) is 0 Å². The van der Waals surface area contributed by atoms with Gasteiger partial charge in [0.25, 0.3) is 5.91 Å². The summed E-state index contributed by atoms with van der Waals surface area (Å²) in [6.07, 6.45) is 1.39. The van der Waals surface area contributed by atoms with Gasteiger partial charge in [0.1, 0.15) is 29.6 Å². The number of halogens is 2. The maximum atomic E-state index is 14.0. The predicted molar refractivity (Wildman–Crippen MR) is 101 cm³/mol. The number of fused-ring (bicyclic) bond motifs is 1. The lowest BCUT2D eigenvalue weighted by atomic mass is 10.1. The third-order valence-corrected chi connectivity index (χ3v) is 4.60. The van der Waals surface area contributed by atoms with E-state index in [2.05, 4.69) is 9.97 Å². The number of carbonyl (C=O) groups is 1. The Balaban J connectivity index is 1.64. The Kier molecular flexibility index (Phi) is 5.07. The second-order valence-corrected chi connectivity index (χ2v) is 6.42. The molecule has 0 aliphatic carbocycles. The molecule has 1 aromatic heterocycles. The van der Waals surface area contributed by atoms with Gasteiger partial charge in [-0.1, -0.05) is 18.2 Å². The monoisotopic (exact) mass is 397 g/mol. The number of rotatable bonds is 4. The average molecular weight is 397 g/mol. The lowest BCUT2D eigenvalue weighted by Crippen LogP contribution is -2.32. The summed E-state index contributed by atoms with van der Waals surface area (Å²) < 4.78 is 38.1. The summed E-state index contributed by atoms with van der Waals surface area (Å²) in [7, 11) is 1.55. The Morgan fingerprint density at radius 2 is 2.00 bits per heavy atom. The third kappa shape index (κ3) is 3.73. The highest BCUT2D eigenvalue weighted by Crippen LogP contribution is 2.30. The Bertz CT molecular complexity index is 1070. The fraction of sp³-hybridized carbons (Fsp3) is 0.190. The summed E-state index contributed by atoms with van der Waals surface area (Å²) in [5, 5.41) is 0. The molecule has 3 aromatic rings. The van der Waals surface area contributed by atoms with Gasteiger partial charge in [0.05, 0.1) is 19.2 Å². The first kappa shape index (κ1) is 18.8. The van der Waals surface area contributed by atoms with Crippen LogP contribution in [-0.4, -0.2) is 41.0 Å². The van der Waals surface area contributed by atoms with E-state index >= 15 is 0 Å². The molecule has 0 saturated heterocycles. The number of para-hydroxylation sites is 1. The highest BCUT2D eigenvalue weighted by molar-refractivity contribution is 5.96. The first-order valence-electron chi connectivity index (χ1n) is 8.93. The van der Waals surface area contributed by atoms with E-state index in [0.29, 0.717) is 17.1 Å². The highest BCUT2D eigenvalue weighted by Gasteiger charge is 2.27. The minimum Gasteiger partial charge on any atom is -0.496 e. The zero-order valence-electron chi connectivity index (χ0n) is 15.6. The van der Waals surface area contributed by atoms with Crippen molar-refractivity contribution in [3.05, 3.63) is 71.4 Å². The average Bonchev–Trinajstić information content (AvgIpc) is 2.88. The molecule has 6 nitrogen and oxygen atoms in total. The van der Waals surface area contributed by atoms with E-state index in [1.165, 1.54) is 17.2 Å². The van der Waals surface area contributed by atoms with Crippen LogP contribution in [-0.2, 0) is 6.54 Å². The molecule has 0 radical (unpaired) electrons. The summed E-state index contributed by atoms with van der Waals surface area (Å²) in [5.74, 6) is -0.626. The van der Waals surface area contributed by atoms with Crippen molar-refractivity contribution in [1.29, 1.82) is 0 Å². The van der Waals surface area contributed by atoms with Crippen LogP contribution >= 0.6 is 0 Å². The topological polar surface area (TPSA) is 64.6 Å². The van der Waals surface area contributed by atoms with Crippen LogP contribution in [0.2, 0.25) is 0 Å². The molecule has 4 rings (SSSR count). The van der Waals surface area contributed by atoms with Crippen molar-refractivity contribution in [3.8, 4) is 23.0 Å². The standard InChI is InChI=1S/C21H17F2N3O3/c1-28-18-5-3-2-4-15(18)19-24-11-16-20(25-19)29-9-8-26(21(16)27)12-13-6-7-14(22)10-17(13)23/h2-7,10-11H,8-9,12H2,1H3. The molecule has 8 heteroatoms. The molecule has 0 saturated carbocycles. The summed E-state index contributed by atoms with van der Waals surface area (Å²) in [6.45, 7) is 0.405. The second kappa shape index (κ2) is 7.83. The number of benzene rings is 2. The number of hydrogen-bond donors (Lipinski definition) is 0. The SMILES string of the molecule is COc1ccccc1-c1ncc2c(n1)OCCN(Cc1ccc(F)cc1F)C2=O. The number of nitrogens with zero attached hydrogens (tertiary/aromatic N) is 3. The molecule has 2 aromatic carbocycles. The van der Waals surface area contributed by atoms with Gasteiger partial charge in [-0.05, 0) is 18.2 Å². The van der Waals surface area contributed by atoms with Crippen LogP contribution in [0, 0.1) is 11.6 Å². The van der Waals surface area contributed by atoms with Crippen molar-refractivity contribution < 1.29 is 23.0 Å². The summed E-state index contributed by atoms with van der Waals surface area (Å²) in [5.41, 5.74) is 1.07. The minimum absolute atomic E-state index is 0.0119. The van der Waals surface area contributed by atoms with Crippen molar-refractivity contribution in [3.63, 3.8) is 0 Å². The molecule has 1 aliphatic heterocycles. The van der Waals surface area contributed by atoms with Gasteiger partial charge in [-0.3, -0.25) is 4.79 Å². The fourth-order valence-corrected chi connectivity index (χ4v) is 3.11. The van der Waals surface area contributed by atoms with Crippen LogP contribution in [0.5, 0.6) is 11.6 Å². The molecule has 1 aliphatic rings. The van der Waals surface area contributed by atoms with E-state index in [0.717, 1.165) is 12.1 Å². The molecule has 0 bridgehead atoms. The molecule has 0 fully saturated rings.